The first-order chi connectivity index (χ1) is 9.33. The molecule has 0 saturated carbocycles. The van der Waals surface area contributed by atoms with E-state index in [1.54, 1.807) is 7.11 Å². The molecule has 0 bridgehead atoms. The standard InChI is InChI=1S/C15H25N3O/c1-3-7-16-11-13-6-8-17-15(10-13)18-9-4-5-14(12-18)19-2/h6,8,10,14,16H,3-5,7,9,11-12H2,1-2H3. The summed E-state index contributed by atoms with van der Waals surface area (Å²) < 4.78 is 5.47. The zero-order valence-corrected chi connectivity index (χ0v) is 12.1. The van der Waals surface area contributed by atoms with Crippen LogP contribution < -0.4 is 10.2 Å². The lowest BCUT2D eigenvalue weighted by Gasteiger charge is -2.32. The molecule has 106 valence electrons. The van der Waals surface area contributed by atoms with E-state index in [0.29, 0.717) is 6.10 Å². The topological polar surface area (TPSA) is 37.4 Å². The number of hydrogen-bond donors (Lipinski definition) is 1. The van der Waals surface area contributed by atoms with E-state index in [2.05, 4.69) is 34.3 Å². The van der Waals surface area contributed by atoms with Crippen molar-refractivity contribution >= 4 is 5.82 Å². The van der Waals surface area contributed by atoms with Gasteiger partial charge < -0.3 is 15.0 Å². The molecule has 0 aromatic carbocycles. The normalized spacial score (nSPS) is 19.7. The van der Waals surface area contributed by atoms with Gasteiger partial charge in [0.25, 0.3) is 0 Å². The Labute approximate surface area is 116 Å². The van der Waals surface area contributed by atoms with Crippen LogP contribution in [0.3, 0.4) is 0 Å². The first-order valence-corrected chi connectivity index (χ1v) is 7.27. The number of nitrogens with zero attached hydrogens (tertiary/aromatic N) is 2. The third kappa shape index (κ3) is 4.18. The molecule has 0 aliphatic carbocycles. The number of anilines is 1. The molecule has 4 heteroatoms. The molecule has 1 aliphatic rings. The molecule has 1 aliphatic heterocycles. The summed E-state index contributed by atoms with van der Waals surface area (Å²) in [5.74, 6) is 1.08. The Morgan fingerprint density at radius 3 is 3.21 bits per heavy atom. The quantitative estimate of drug-likeness (QED) is 0.798. The summed E-state index contributed by atoms with van der Waals surface area (Å²) in [4.78, 5) is 6.84. The molecule has 1 saturated heterocycles. The van der Waals surface area contributed by atoms with Gasteiger partial charge in [-0.1, -0.05) is 6.92 Å². The summed E-state index contributed by atoms with van der Waals surface area (Å²) in [5.41, 5.74) is 1.30. The molecule has 1 fully saturated rings. The summed E-state index contributed by atoms with van der Waals surface area (Å²) in [7, 11) is 1.80. The van der Waals surface area contributed by atoms with Crippen LogP contribution in [0.1, 0.15) is 31.7 Å². The van der Waals surface area contributed by atoms with E-state index in [4.69, 9.17) is 4.74 Å². The maximum absolute atomic E-state index is 5.47. The Kier molecular flexibility index (Phi) is 5.61. The fraction of sp³-hybridized carbons (Fsp3) is 0.667. The van der Waals surface area contributed by atoms with Crippen LogP contribution >= 0.6 is 0 Å². The number of hydrogen-bond acceptors (Lipinski definition) is 4. The molecule has 0 radical (unpaired) electrons. The van der Waals surface area contributed by atoms with Crippen LogP contribution in [-0.4, -0.2) is 37.8 Å². The van der Waals surface area contributed by atoms with E-state index in [9.17, 15) is 0 Å². The van der Waals surface area contributed by atoms with E-state index in [0.717, 1.165) is 38.4 Å². The van der Waals surface area contributed by atoms with Crippen molar-refractivity contribution < 1.29 is 4.74 Å². The number of nitrogens with one attached hydrogen (secondary N) is 1. The van der Waals surface area contributed by atoms with E-state index in [-0.39, 0.29) is 0 Å². The van der Waals surface area contributed by atoms with Gasteiger partial charge in [-0.15, -0.1) is 0 Å². The van der Waals surface area contributed by atoms with Crippen LogP contribution in [0.25, 0.3) is 0 Å². The fourth-order valence-corrected chi connectivity index (χ4v) is 2.49. The zero-order valence-electron chi connectivity index (χ0n) is 12.1. The van der Waals surface area contributed by atoms with Crippen molar-refractivity contribution in [3.05, 3.63) is 23.9 Å². The highest BCUT2D eigenvalue weighted by Gasteiger charge is 2.20. The Morgan fingerprint density at radius 2 is 2.42 bits per heavy atom. The van der Waals surface area contributed by atoms with Crippen molar-refractivity contribution in [2.24, 2.45) is 0 Å². The summed E-state index contributed by atoms with van der Waals surface area (Å²) in [6, 6.07) is 4.28. The number of methoxy groups -OCH3 is 1. The molecule has 1 aromatic rings. The van der Waals surface area contributed by atoms with Gasteiger partial charge >= 0.3 is 0 Å². The Bertz CT molecular complexity index is 383. The van der Waals surface area contributed by atoms with Gasteiger partial charge in [-0.05, 0) is 43.5 Å². The van der Waals surface area contributed by atoms with Crippen molar-refractivity contribution in [3.8, 4) is 0 Å². The van der Waals surface area contributed by atoms with E-state index < -0.39 is 0 Å². The smallest absolute Gasteiger partial charge is 0.128 e. The lowest BCUT2D eigenvalue weighted by Crippen LogP contribution is -2.39. The second-order valence-electron chi connectivity index (χ2n) is 5.15. The van der Waals surface area contributed by atoms with Crippen LogP contribution in [0.4, 0.5) is 5.82 Å². The highest BCUT2D eigenvalue weighted by Crippen LogP contribution is 2.19. The van der Waals surface area contributed by atoms with E-state index in [1.165, 1.54) is 18.4 Å². The number of ether oxygens (including phenoxy) is 1. The SMILES string of the molecule is CCCNCc1ccnc(N2CCCC(OC)C2)c1. The van der Waals surface area contributed by atoms with Crippen LogP contribution in [0.15, 0.2) is 18.3 Å². The minimum atomic E-state index is 0.345. The Morgan fingerprint density at radius 1 is 1.53 bits per heavy atom. The third-order valence-corrected chi connectivity index (χ3v) is 3.60. The van der Waals surface area contributed by atoms with Crippen LogP contribution in [-0.2, 0) is 11.3 Å². The summed E-state index contributed by atoms with van der Waals surface area (Å²) in [6.45, 7) is 6.20. The molecule has 1 N–H and O–H groups in total. The summed E-state index contributed by atoms with van der Waals surface area (Å²) >= 11 is 0. The molecule has 1 atom stereocenters. The highest BCUT2D eigenvalue weighted by atomic mass is 16.5. The molecule has 0 spiro atoms. The largest absolute Gasteiger partial charge is 0.380 e. The van der Waals surface area contributed by atoms with E-state index in [1.807, 2.05) is 6.20 Å². The third-order valence-electron chi connectivity index (χ3n) is 3.60. The minimum absolute atomic E-state index is 0.345. The predicted octanol–water partition coefficient (Wildman–Crippen LogP) is 2.20. The van der Waals surface area contributed by atoms with Crippen molar-refractivity contribution in [2.45, 2.75) is 38.8 Å². The van der Waals surface area contributed by atoms with Crippen molar-refractivity contribution in [1.82, 2.24) is 10.3 Å². The second kappa shape index (κ2) is 7.46. The molecule has 2 rings (SSSR count). The van der Waals surface area contributed by atoms with Gasteiger partial charge in [0.15, 0.2) is 0 Å². The molecule has 1 aromatic heterocycles. The van der Waals surface area contributed by atoms with Crippen molar-refractivity contribution in [1.29, 1.82) is 0 Å². The number of piperidine rings is 1. The van der Waals surface area contributed by atoms with Gasteiger partial charge in [0.05, 0.1) is 6.10 Å². The maximum Gasteiger partial charge on any atom is 0.128 e. The molecule has 4 nitrogen and oxygen atoms in total. The average molecular weight is 263 g/mol. The van der Waals surface area contributed by atoms with Gasteiger partial charge in [-0.2, -0.15) is 0 Å². The van der Waals surface area contributed by atoms with Crippen LogP contribution in [0.5, 0.6) is 0 Å². The first-order valence-electron chi connectivity index (χ1n) is 7.27. The zero-order chi connectivity index (χ0) is 13.5. The average Bonchev–Trinajstić information content (AvgIpc) is 2.48. The molecular weight excluding hydrogens is 238 g/mol. The summed E-state index contributed by atoms with van der Waals surface area (Å²) in [5, 5.41) is 3.43. The van der Waals surface area contributed by atoms with Crippen molar-refractivity contribution in [3.63, 3.8) is 0 Å². The van der Waals surface area contributed by atoms with Crippen LogP contribution in [0, 0.1) is 0 Å². The number of aromatic nitrogens is 1. The Hall–Kier alpha value is -1.13. The first kappa shape index (κ1) is 14.3. The Balaban J connectivity index is 1.97. The molecule has 1 unspecified atom stereocenters. The van der Waals surface area contributed by atoms with Gasteiger partial charge in [-0.25, -0.2) is 4.98 Å². The van der Waals surface area contributed by atoms with Gasteiger partial charge in [0.2, 0.25) is 0 Å². The maximum atomic E-state index is 5.47. The fourth-order valence-electron chi connectivity index (χ4n) is 2.49. The number of pyridine rings is 1. The number of rotatable bonds is 6. The van der Waals surface area contributed by atoms with Gasteiger partial charge in [-0.3, -0.25) is 0 Å². The lowest BCUT2D eigenvalue weighted by atomic mass is 10.1. The van der Waals surface area contributed by atoms with Crippen molar-refractivity contribution in [2.75, 3.05) is 31.6 Å². The monoisotopic (exact) mass is 263 g/mol. The molecular formula is C15H25N3O. The molecule has 0 amide bonds. The van der Waals surface area contributed by atoms with Crippen LogP contribution in [0.2, 0.25) is 0 Å². The second-order valence-corrected chi connectivity index (χ2v) is 5.15. The van der Waals surface area contributed by atoms with E-state index >= 15 is 0 Å². The minimum Gasteiger partial charge on any atom is -0.380 e. The molecule has 2 heterocycles. The molecule has 19 heavy (non-hydrogen) atoms. The lowest BCUT2D eigenvalue weighted by molar-refractivity contribution is 0.0891. The predicted molar refractivity (Wildman–Crippen MR) is 78.5 cm³/mol. The van der Waals surface area contributed by atoms with Gasteiger partial charge in [0, 0.05) is 32.9 Å². The highest BCUT2D eigenvalue weighted by molar-refractivity contribution is 5.41. The summed E-state index contributed by atoms with van der Waals surface area (Å²) in [6.07, 6.45) is 5.76. The van der Waals surface area contributed by atoms with Gasteiger partial charge in [0.1, 0.15) is 5.82 Å².